The van der Waals surface area contributed by atoms with Gasteiger partial charge >= 0.3 is 0 Å². The number of hydrogen-bond donors (Lipinski definition) is 2. The van der Waals surface area contributed by atoms with Crippen molar-refractivity contribution in [1.29, 1.82) is 0 Å². The molecule has 0 unspecified atom stereocenters. The number of aryl methyl sites for hydroxylation is 2. The molecule has 1 aliphatic rings. The van der Waals surface area contributed by atoms with E-state index in [1.807, 2.05) is 0 Å². The highest BCUT2D eigenvalue weighted by Gasteiger charge is 2.14. The Bertz CT molecular complexity index is 470. The number of nitrogens with one attached hydrogen (secondary N) is 2. The minimum absolute atomic E-state index is 0.505. The van der Waals surface area contributed by atoms with Gasteiger partial charge in [-0.05, 0) is 62.5 Å². The molecule has 116 valence electrons. The van der Waals surface area contributed by atoms with E-state index in [0.717, 1.165) is 25.3 Å². The maximum Gasteiger partial charge on any atom is 0.170 e. The molecule has 3 nitrogen and oxygen atoms in total. The van der Waals surface area contributed by atoms with E-state index in [1.165, 1.54) is 36.8 Å². The zero-order valence-electron chi connectivity index (χ0n) is 13.1. The molecule has 0 spiro atoms. The van der Waals surface area contributed by atoms with E-state index in [4.69, 9.17) is 17.0 Å². The highest BCUT2D eigenvalue weighted by Crippen LogP contribution is 2.20. The maximum atomic E-state index is 5.83. The van der Waals surface area contributed by atoms with Gasteiger partial charge in [0, 0.05) is 18.8 Å². The normalized spacial score (nSPS) is 15.1. The molecule has 0 aromatic heterocycles. The third-order valence-electron chi connectivity index (χ3n) is 3.90. The summed E-state index contributed by atoms with van der Waals surface area (Å²) >= 11 is 5.33. The van der Waals surface area contributed by atoms with Gasteiger partial charge in [-0.2, -0.15) is 0 Å². The first-order valence-corrected chi connectivity index (χ1v) is 8.29. The molecule has 4 heteroatoms. The molecular weight excluding hydrogens is 280 g/mol. The highest BCUT2D eigenvalue weighted by atomic mass is 32.1. The van der Waals surface area contributed by atoms with Gasteiger partial charge in [0.15, 0.2) is 5.11 Å². The second kappa shape index (κ2) is 8.35. The largest absolute Gasteiger partial charge is 0.378 e. The number of thiocarbonyl (C=S) groups is 1. The van der Waals surface area contributed by atoms with Crippen LogP contribution in [0.4, 0.5) is 5.69 Å². The van der Waals surface area contributed by atoms with E-state index in [2.05, 4.69) is 42.7 Å². The molecule has 2 N–H and O–H groups in total. The van der Waals surface area contributed by atoms with Crippen molar-refractivity contribution in [3.05, 3.63) is 29.3 Å². The van der Waals surface area contributed by atoms with Crippen molar-refractivity contribution in [1.82, 2.24) is 5.32 Å². The number of rotatable bonds is 6. The van der Waals surface area contributed by atoms with Crippen LogP contribution in [0.5, 0.6) is 0 Å². The summed E-state index contributed by atoms with van der Waals surface area (Å²) in [6.45, 7) is 5.84. The number of anilines is 1. The van der Waals surface area contributed by atoms with Crippen LogP contribution in [0.3, 0.4) is 0 Å². The molecule has 1 aromatic rings. The van der Waals surface area contributed by atoms with E-state index < -0.39 is 0 Å². The predicted molar refractivity (Wildman–Crippen MR) is 93.0 cm³/mol. The molecule has 0 saturated heterocycles. The first-order valence-electron chi connectivity index (χ1n) is 7.89. The Kier molecular flexibility index (Phi) is 6.46. The molecule has 21 heavy (non-hydrogen) atoms. The topological polar surface area (TPSA) is 33.3 Å². The van der Waals surface area contributed by atoms with Crippen LogP contribution in [0.25, 0.3) is 0 Å². The summed E-state index contributed by atoms with van der Waals surface area (Å²) in [7, 11) is 0. The summed E-state index contributed by atoms with van der Waals surface area (Å²) in [4.78, 5) is 0. The summed E-state index contributed by atoms with van der Waals surface area (Å²) in [6.07, 6.45) is 6.62. The molecule has 1 saturated carbocycles. The van der Waals surface area contributed by atoms with E-state index in [0.29, 0.717) is 11.2 Å². The number of ether oxygens (including phenoxy) is 1. The molecule has 0 atom stereocenters. The Balaban J connectivity index is 1.62. The van der Waals surface area contributed by atoms with Crippen LogP contribution in [0, 0.1) is 13.8 Å². The van der Waals surface area contributed by atoms with Crippen LogP contribution in [-0.2, 0) is 4.74 Å². The lowest BCUT2D eigenvalue weighted by Gasteiger charge is -2.14. The fourth-order valence-corrected chi connectivity index (χ4v) is 2.83. The summed E-state index contributed by atoms with van der Waals surface area (Å²) in [5.74, 6) is 0. The lowest BCUT2D eigenvalue weighted by Crippen LogP contribution is -2.30. The van der Waals surface area contributed by atoms with Crippen molar-refractivity contribution < 1.29 is 4.74 Å². The molecule has 1 aliphatic carbocycles. The Morgan fingerprint density at radius 1 is 1.29 bits per heavy atom. The molecule has 0 aliphatic heterocycles. The predicted octanol–water partition coefficient (Wildman–Crippen LogP) is 3.94. The first kappa shape index (κ1) is 16.2. The molecule has 0 bridgehead atoms. The summed E-state index contributed by atoms with van der Waals surface area (Å²) in [6, 6.07) is 6.33. The monoisotopic (exact) mass is 306 g/mol. The molecule has 0 heterocycles. The van der Waals surface area contributed by atoms with Gasteiger partial charge in [-0.15, -0.1) is 0 Å². The molecule has 0 amide bonds. The lowest BCUT2D eigenvalue weighted by atomic mass is 10.1. The van der Waals surface area contributed by atoms with Crippen molar-refractivity contribution in [3.8, 4) is 0 Å². The van der Waals surface area contributed by atoms with Crippen LogP contribution < -0.4 is 10.6 Å². The maximum absolute atomic E-state index is 5.83. The van der Waals surface area contributed by atoms with Gasteiger partial charge < -0.3 is 15.4 Å². The van der Waals surface area contributed by atoms with Gasteiger partial charge in [-0.25, -0.2) is 0 Å². The third-order valence-corrected chi connectivity index (χ3v) is 4.15. The molecular formula is C17H26N2OS. The zero-order valence-corrected chi connectivity index (χ0v) is 13.9. The van der Waals surface area contributed by atoms with Crippen molar-refractivity contribution in [3.63, 3.8) is 0 Å². The molecule has 0 radical (unpaired) electrons. The van der Waals surface area contributed by atoms with Gasteiger partial charge in [0.1, 0.15) is 0 Å². The third kappa shape index (κ3) is 5.64. The minimum atomic E-state index is 0.505. The number of benzene rings is 1. The Morgan fingerprint density at radius 2 is 2.05 bits per heavy atom. The van der Waals surface area contributed by atoms with Crippen molar-refractivity contribution in [2.45, 2.75) is 52.1 Å². The smallest absolute Gasteiger partial charge is 0.170 e. The second-order valence-electron chi connectivity index (χ2n) is 5.83. The fraction of sp³-hybridized carbons (Fsp3) is 0.588. The van der Waals surface area contributed by atoms with Crippen LogP contribution >= 0.6 is 12.2 Å². The van der Waals surface area contributed by atoms with Gasteiger partial charge in [0.05, 0.1) is 6.10 Å². The molecule has 1 fully saturated rings. The van der Waals surface area contributed by atoms with Gasteiger partial charge in [0.25, 0.3) is 0 Å². The van der Waals surface area contributed by atoms with Crippen LogP contribution in [0.15, 0.2) is 18.2 Å². The summed E-state index contributed by atoms with van der Waals surface area (Å²) in [5, 5.41) is 7.19. The second-order valence-corrected chi connectivity index (χ2v) is 6.24. The van der Waals surface area contributed by atoms with Crippen molar-refractivity contribution in [2.24, 2.45) is 0 Å². The SMILES string of the molecule is Cc1ccc(C)c(NC(=S)NCCCOC2CCCC2)c1. The number of hydrogen-bond acceptors (Lipinski definition) is 2. The lowest BCUT2D eigenvalue weighted by molar-refractivity contribution is 0.0574. The fourth-order valence-electron chi connectivity index (χ4n) is 2.62. The van der Waals surface area contributed by atoms with E-state index in [9.17, 15) is 0 Å². The van der Waals surface area contributed by atoms with Crippen LogP contribution in [0.1, 0.15) is 43.2 Å². The Morgan fingerprint density at radius 3 is 2.81 bits per heavy atom. The van der Waals surface area contributed by atoms with Gasteiger partial charge in [0.2, 0.25) is 0 Å². The minimum Gasteiger partial charge on any atom is -0.378 e. The van der Waals surface area contributed by atoms with Crippen LogP contribution in [-0.4, -0.2) is 24.4 Å². The van der Waals surface area contributed by atoms with Crippen molar-refractivity contribution in [2.75, 3.05) is 18.5 Å². The quantitative estimate of drug-likeness (QED) is 0.616. The standard InChI is InChI=1S/C17H26N2OS/c1-13-8-9-14(2)16(12-13)19-17(21)18-10-5-11-20-15-6-3-4-7-15/h8-9,12,15H,3-7,10-11H2,1-2H3,(H2,18,19,21). The Labute approximate surface area is 133 Å². The highest BCUT2D eigenvalue weighted by molar-refractivity contribution is 7.80. The Hall–Kier alpha value is -1.13. The molecule has 2 rings (SSSR count). The average molecular weight is 306 g/mol. The average Bonchev–Trinajstić information content (AvgIpc) is 2.96. The molecule has 1 aromatic carbocycles. The van der Waals surface area contributed by atoms with Gasteiger partial charge in [-0.3, -0.25) is 0 Å². The summed E-state index contributed by atoms with van der Waals surface area (Å²) in [5.41, 5.74) is 3.51. The zero-order chi connectivity index (χ0) is 15.1. The summed E-state index contributed by atoms with van der Waals surface area (Å²) < 4.78 is 5.83. The van der Waals surface area contributed by atoms with Gasteiger partial charge in [-0.1, -0.05) is 25.0 Å². The first-order chi connectivity index (χ1) is 10.1. The van der Waals surface area contributed by atoms with E-state index in [-0.39, 0.29) is 0 Å². The van der Waals surface area contributed by atoms with E-state index in [1.54, 1.807) is 0 Å². The van der Waals surface area contributed by atoms with E-state index >= 15 is 0 Å². The van der Waals surface area contributed by atoms with Crippen LogP contribution in [0.2, 0.25) is 0 Å². The van der Waals surface area contributed by atoms with Crippen molar-refractivity contribution >= 4 is 23.0 Å².